The van der Waals surface area contributed by atoms with E-state index in [9.17, 15) is 14.7 Å². The molecule has 92 valence electrons. The van der Waals surface area contributed by atoms with Crippen molar-refractivity contribution in [2.45, 2.75) is 44.6 Å². The van der Waals surface area contributed by atoms with E-state index in [1.54, 1.807) is 11.8 Å². The fourth-order valence-corrected chi connectivity index (χ4v) is 1.87. The lowest BCUT2D eigenvalue weighted by Crippen LogP contribution is -2.33. The van der Waals surface area contributed by atoms with E-state index in [1.165, 1.54) is 0 Å². The van der Waals surface area contributed by atoms with Crippen LogP contribution in [0.1, 0.15) is 39.0 Å². The Morgan fingerprint density at radius 3 is 2.44 bits per heavy atom. The summed E-state index contributed by atoms with van der Waals surface area (Å²) in [5, 5.41) is 18.1. The SMILES string of the molecule is CC1(O)CCN(C(=O)CCCCC(=O)O)C1. The van der Waals surface area contributed by atoms with Crippen LogP contribution in [0.5, 0.6) is 0 Å². The maximum Gasteiger partial charge on any atom is 0.303 e. The van der Waals surface area contributed by atoms with Crippen molar-refractivity contribution in [3.63, 3.8) is 0 Å². The van der Waals surface area contributed by atoms with Gasteiger partial charge in [0.05, 0.1) is 5.60 Å². The van der Waals surface area contributed by atoms with Gasteiger partial charge in [-0.3, -0.25) is 9.59 Å². The lowest BCUT2D eigenvalue weighted by atomic mass is 10.1. The van der Waals surface area contributed by atoms with Gasteiger partial charge in [0.2, 0.25) is 5.91 Å². The molecular formula is C11H19NO4. The highest BCUT2D eigenvalue weighted by molar-refractivity contribution is 5.76. The van der Waals surface area contributed by atoms with Gasteiger partial charge in [-0.15, -0.1) is 0 Å². The molecular weight excluding hydrogens is 210 g/mol. The molecule has 5 nitrogen and oxygen atoms in total. The molecule has 0 bridgehead atoms. The minimum absolute atomic E-state index is 0.0168. The first-order valence-electron chi connectivity index (χ1n) is 5.63. The van der Waals surface area contributed by atoms with E-state index in [-0.39, 0.29) is 12.3 Å². The average Bonchev–Trinajstić information content (AvgIpc) is 2.53. The van der Waals surface area contributed by atoms with E-state index in [2.05, 4.69) is 0 Å². The van der Waals surface area contributed by atoms with Gasteiger partial charge < -0.3 is 15.1 Å². The van der Waals surface area contributed by atoms with E-state index < -0.39 is 11.6 Å². The number of aliphatic hydroxyl groups is 1. The summed E-state index contributed by atoms with van der Waals surface area (Å²) in [6.45, 7) is 2.72. The van der Waals surface area contributed by atoms with Crippen molar-refractivity contribution in [3.8, 4) is 0 Å². The summed E-state index contributed by atoms with van der Waals surface area (Å²) in [5.41, 5.74) is -0.753. The fraction of sp³-hybridized carbons (Fsp3) is 0.818. The molecule has 0 aromatic rings. The number of amides is 1. The second-order valence-electron chi connectivity index (χ2n) is 4.66. The van der Waals surface area contributed by atoms with Crippen LogP contribution in [0.15, 0.2) is 0 Å². The number of rotatable bonds is 5. The van der Waals surface area contributed by atoms with Crippen LogP contribution in [-0.4, -0.2) is 45.7 Å². The normalized spacial score (nSPS) is 24.8. The Morgan fingerprint density at radius 1 is 1.31 bits per heavy atom. The number of carbonyl (C=O) groups is 2. The van der Waals surface area contributed by atoms with Crippen LogP contribution in [0.2, 0.25) is 0 Å². The smallest absolute Gasteiger partial charge is 0.303 e. The monoisotopic (exact) mass is 229 g/mol. The number of carbonyl (C=O) groups excluding carboxylic acids is 1. The third-order valence-corrected chi connectivity index (χ3v) is 2.84. The first-order valence-corrected chi connectivity index (χ1v) is 5.63. The van der Waals surface area contributed by atoms with Crippen LogP contribution in [0.3, 0.4) is 0 Å². The average molecular weight is 229 g/mol. The predicted octanol–water partition coefficient (Wildman–Crippen LogP) is 0.615. The molecule has 0 aromatic carbocycles. The second-order valence-corrected chi connectivity index (χ2v) is 4.66. The lowest BCUT2D eigenvalue weighted by Gasteiger charge is -2.18. The first kappa shape index (κ1) is 13.0. The van der Waals surface area contributed by atoms with Crippen LogP contribution in [-0.2, 0) is 9.59 Å². The summed E-state index contributed by atoms with van der Waals surface area (Å²) >= 11 is 0. The molecule has 1 amide bonds. The second kappa shape index (κ2) is 5.30. The zero-order chi connectivity index (χ0) is 12.2. The standard InChI is InChI=1S/C11H19NO4/c1-11(16)6-7-12(8-11)9(13)4-2-3-5-10(14)15/h16H,2-8H2,1H3,(H,14,15). The highest BCUT2D eigenvalue weighted by Crippen LogP contribution is 2.21. The number of nitrogens with zero attached hydrogens (tertiary/aromatic N) is 1. The van der Waals surface area contributed by atoms with Gasteiger partial charge in [-0.25, -0.2) is 0 Å². The number of aliphatic carboxylic acids is 1. The molecule has 1 aliphatic heterocycles. The lowest BCUT2D eigenvalue weighted by molar-refractivity contribution is -0.137. The Balaban J connectivity index is 2.19. The fourth-order valence-electron chi connectivity index (χ4n) is 1.87. The van der Waals surface area contributed by atoms with Crippen LogP contribution in [0, 0.1) is 0 Å². The largest absolute Gasteiger partial charge is 0.481 e. The van der Waals surface area contributed by atoms with Crippen molar-refractivity contribution in [3.05, 3.63) is 0 Å². The van der Waals surface area contributed by atoms with Gasteiger partial charge in [-0.2, -0.15) is 0 Å². The molecule has 1 aliphatic rings. The Morgan fingerprint density at radius 2 is 1.94 bits per heavy atom. The number of β-amino-alcohol motifs (C(OH)–C–C–N with tert-alkyl or cyclic N) is 1. The van der Waals surface area contributed by atoms with Crippen molar-refractivity contribution in [2.75, 3.05) is 13.1 Å². The molecule has 1 saturated heterocycles. The van der Waals surface area contributed by atoms with E-state index in [0.29, 0.717) is 38.8 Å². The molecule has 0 spiro atoms. The van der Waals surface area contributed by atoms with Crippen molar-refractivity contribution in [1.29, 1.82) is 0 Å². The van der Waals surface area contributed by atoms with Gasteiger partial charge in [-0.05, 0) is 26.2 Å². The zero-order valence-corrected chi connectivity index (χ0v) is 9.61. The molecule has 0 saturated carbocycles. The summed E-state index contributed by atoms with van der Waals surface area (Å²) < 4.78 is 0. The maximum atomic E-state index is 11.6. The molecule has 0 aromatic heterocycles. The van der Waals surface area contributed by atoms with Crippen molar-refractivity contribution in [2.24, 2.45) is 0 Å². The van der Waals surface area contributed by atoms with Crippen LogP contribution < -0.4 is 0 Å². The van der Waals surface area contributed by atoms with Gasteiger partial charge in [-0.1, -0.05) is 0 Å². The summed E-state index contributed by atoms with van der Waals surface area (Å²) in [5.74, 6) is -0.806. The number of carboxylic acid groups (broad SMARTS) is 1. The van der Waals surface area contributed by atoms with Crippen LogP contribution in [0.25, 0.3) is 0 Å². The van der Waals surface area contributed by atoms with Crippen molar-refractivity contribution >= 4 is 11.9 Å². The van der Waals surface area contributed by atoms with Gasteiger partial charge >= 0.3 is 5.97 Å². The van der Waals surface area contributed by atoms with Crippen molar-refractivity contribution in [1.82, 2.24) is 4.90 Å². The van der Waals surface area contributed by atoms with Crippen molar-refractivity contribution < 1.29 is 19.8 Å². The molecule has 1 atom stereocenters. The highest BCUT2D eigenvalue weighted by atomic mass is 16.4. The predicted molar refractivity (Wildman–Crippen MR) is 57.9 cm³/mol. The number of likely N-dealkylation sites (tertiary alicyclic amines) is 1. The molecule has 0 aliphatic carbocycles. The van der Waals surface area contributed by atoms with E-state index in [4.69, 9.17) is 5.11 Å². The van der Waals surface area contributed by atoms with Crippen LogP contribution >= 0.6 is 0 Å². The van der Waals surface area contributed by atoms with E-state index >= 15 is 0 Å². The topological polar surface area (TPSA) is 77.8 Å². The quantitative estimate of drug-likeness (QED) is 0.677. The molecule has 1 fully saturated rings. The molecule has 0 radical (unpaired) electrons. The molecule has 1 unspecified atom stereocenters. The number of carboxylic acids is 1. The van der Waals surface area contributed by atoms with Gasteiger partial charge in [0.25, 0.3) is 0 Å². The molecule has 2 N–H and O–H groups in total. The third kappa shape index (κ3) is 4.18. The molecule has 1 rings (SSSR count). The summed E-state index contributed by atoms with van der Waals surface area (Å²) in [7, 11) is 0. The molecule has 5 heteroatoms. The minimum Gasteiger partial charge on any atom is -0.481 e. The highest BCUT2D eigenvalue weighted by Gasteiger charge is 2.33. The van der Waals surface area contributed by atoms with Crippen LogP contribution in [0.4, 0.5) is 0 Å². The Labute approximate surface area is 95.1 Å². The third-order valence-electron chi connectivity index (χ3n) is 2.84. The Hall–Kier alpha value is -1.10. The number of hydrogen-bond donors (Lipinski definition) is 2. The van der Waals surface area contributed by atoms with E-state index in [1.807, 2.05) is 0 Å². The Kier molecular flexibility index (Phi) is 4.29. The first-order chi connectivity index (χ1) is 7.41. The van der Waals surface area contributed by atoms with Gasteiger partial charge in [0, 0.05) is 25.9 Å². The summed E-state index contributed by atoms with van der Waals surface area (Å²) in [4.78, 5) is 23.6. The summed E-state index contributed by atoms with van der Waals surface area (Å²) in [6, 6.07) is 0. The molecule has 1 heterocycles. The van der Waals surface area contributed by atoms with E-state index in [0.717, 1.165) is 0 Å². The van der Waals surface area contributed by atoms with Gasteiger partial charge in [0.15, 0.2) is 0 Å². The van der Waals surface area contributed by atoms with Gasteiger partial charge in [0.1, 0.15) is 0 Å². The molecule has 16 heavy (non-hydrogen) atoms. The maximum absolute atomic E-state index is 11.6. The summed E-state index contributed by atoms with van der Waals surface area (Å²) in [6.07, 6.45) is 2.25. The zero-order valence-electron chi connectivity index (χ0n) is 9.61. The minimum atomic E-state index is -0.823. The number of unbranched alkanes of at least 4 members (excludes halogenated alkanes) is 1. The Bertz CT molecular complexity index is 275. The number of hydrogen-bond acceptors (Lipinski definition) is 3.